The van der Waals surface area contributed by atoms with Crippen LogP contribution >= 0.6 is 11.3 Å². The standard InChI is InChI=1S/C20H22N2O3S/c1-14-7-9-16(10-8-14)21-18(23)11-19-22-17(13-26-19)12-25-20(24)15-5-3-2-4-6-15/h2-3,7-10,13,15H,4-6,11-12H2,1H3,(H,21,23). The molecule has 1 N–H and O–H groups in total. The zero-order valence-electron chi connectivity index (χ0n) is 14.7. The lowest BCUT2D eigenvalue weighted by Gasteiger charge is -2.15. The van der Waals surface area contributed by atoms with Crippen molar-refractivity contribution in [1.82, 2.24) is 4.98 Å². The van der Waals surface area contributed by atoms with Crippen molar-refractivity contribution in [2.24, 2.45) is 5.92 Å². The molecule has 0 radical (unpaired) electrons. The van der Waals surface area contributed by atoms with Gasteiger partial charge in [0.1, 0.15) is 11.6 Å². The number of thiazole rings is 1. The van der Waals surface area contributed by atoms with Gasteiger partial charge in [-0.05, 0) is 38.3 Å². The Labute approximate surface area is 157 Å². The molecule has 0 saturated heterocycles. The maximum atomic E-state index is 12.1. The van der Waals surface area contributed by atoms with Gasteiger partial charge in [0.15, 0.2) is 0 Å². The molecule has 3 rings (SSSR count). The van der Waals surface area contributed by atoms with Crippen LogP contribution in [-0.2, 0) is 27.4 Å². The molecule has 6 heteroatoms. The van der Waals surface area contributed by atoms with Gasteiger partial charge in [-0.3, -0.25) is 9.59 Å². The minimum atomic E-state index is -0.166. The Hall–Kier alpha value is -2.47. The molecule has 1 aliphatic carbocycles. The van der Waals surface area contributed by atoms with Gasteiger partial charge in [0.25, 0.3) is 0 Å². The highest BCUT2D eigenvalue weighted by molar-refractivity contribution is 7.09. The van der Waals surface area contributed by atoms with Crippen molar-refractivity contribution < 1.29 is 14.3 Å². The fraction of sp³-hybridized carbons (Fsp3) is 0.350. The van der Waals surface area contributed by atoms with Gasteiger partial charge in [0.2, 0.25) is 5.91 Å². The second-order valence-corrected chi connectivity index (χ2v) is 7.36. The van der Waals surface area contributed by atoms with Crippen molar-refractivity contribution in [1.29, 1.82) is 0 Å². The van der Waals surface area contributed by atoms with Crippen molar-refractivity contribution in [3.8, 4) is 0 Å². The molecule has 26 heavy (non-hydrogen) atoms. The van der Waals surface area contributed by atoms with Crippen LogP contribution in [0.1, 0.15) is 35.5 Å². The van der Waals surface area contributed by atoms with E-state index in [1.54, 1.807) is 0 Å². The first-order valence-electron chi connectivity index (χ1n) is 8.71. The summed E-state index contributed by atoms with van der Waals surface area (Å²) in [6.07, 6.45) is 6.86. The van der Waals surface area contributed by atoms with E-state index in [1.807, 2.05) is 42.6 Å². The maximum Gasteiger partial charge on any atom is 0.309 e. The third kappa shape index (κ3) is 5.26. The zero-order chi connectivity index (χ0) is 18.4. The molecule has 0 bridgehead atoms. The summed E-state index contributed by atoms with van der Waals surface area (Å²) in [6, 6.07) is 7.65. The Morgan fingerprint density at radius 2 is 2.08 bits per heavy atom. The van der Waals surface area contributed by atoms with E-state index in [9.17, 15) is 9.59 Å². The molecular weight excluding hydrogens is 348 g/mol. The number of aryl methyl sites for hydroxylation is 1. The number of hydrogen-bond donors (Lipinski definition) is 1. The molecule has 1 aromatic heterocycles. The number of aromatic nitrogens is 1. The molecule has 1 atom stereocenters. The van der Waals surface area contributed by atoms with Gasteiger partial charge in [-0.15, -0.1) is 11.3 Å². The third-order valence-electron chi connectivity index (χ3n) is 4.21. The summed E-state index contributed by atoms with van der Waals surface area (Å²) < 4.78 is 5.36. The summed E-state index contributed by atoms with van der Waals surface area (Å²) in [5.41, 5.74) is 2.60. The van der Waals surface area contributed by atoms with E-state index in [0.29, 0.717) is 10.7 Å². The first kappa shape index (κ1) is 18.3. The van der Waals surface area contributed by atoms with E-state index in [-0.39, 0.29) is 30.8 Å². The van der Waals surface area contributed by atoms with Gasteiger partial charge in [0.05, 0.1) is 18.0 Å². The first-order valence-corrected chi connectivity index (χ1v) is 9.59. The van der Waals surface area contributed by atoms with E-state index in [1.165, 1.54) is 11.3 Å². The smallest absolute Gasteiger partial charge is 0.309 e. The molecule has 1 aromatic carbocycles. The van der Waals surface area contributed by atoms with Crippen LogP contribution in [0.5, 0.6) is 0 Å². The Kier molecular flexibility index (Phi) is 6.17. The molecular formula is C20H22N2O3S. The van der Waals surface area contributed by atoms with Crippen LogP contribution in [-0.4, -0.2) is 16.9 Å². The second-order valence-electron chi connectivity index (χ2n) is 6.41. The zero-order valence-corrected chi connectivity index (χ0v) is 15.6. The minimum Gasteiger partial charge on any atom is -0.459 e. The summed E-state index contributed by atoms with van der Waals surface area (Å²) in [5.74, 6) is -0.319. The molecule has 1 unspecified atom stereocenters. The van der Waals surface area contributed by atoms with Crippen LogP contribution in [0.15, 0.2) is 41.8 Å². The van der Waals surface area contributed by atoms with Crippen molar-refractivity contribution in [3.05, 3.63) is 58.1 Å². The van der Waals surface area contributed by atoms with Crippen molar-refractivity contribution in [3.63, 3.8) is 0 Å². The van der Waals surface area contributed by atoms with Gasteiger partial charge < -0.3 is 10.1 Å². The quantitative estimate of drug-likeness (QED) is 0.616. The van der Waals surface area contributed by atoms with Crippen molar-refractivity contribution in [2.75, 3.05) is 5.32 Å². The Morgan fingerprint density at radius 3 is 2.81 bits per heavy atom. The van der Waals surface area contributed by atoms with Crippen LogP contribution in [0.4, 0.5) is 5.69 Å². The number of amides is 1. The molecule has 1 amide bonds. The number of esters is 1. The van der Waals surface area contributed by atoms with Gasteiger partial charge >= 0.3 is 5.97 Å². The van der Waals surface area contributed by atoms with E-state index >= 15 is 0 Å². The predicted molar refractivity (Wildman–Crippen MR) is 102 cm³/mol. The van der Waals surface area contributed by atoms with Gasteiger partial charge in [-0.2, -0.15) is 0 Å². The monoisotopic (exact) mass is 370 g/mol. The highest BCUT2D eigenvalue weighted by atomic mass is 32.1. The van der Waals surface area contributed by atoms with Crippen LogP contribution in [0.25, 0.3) is 0 Å². The van der Waals surface area contributed by atoms with Crippen molar-refractivity contribution in [2.45, 2.75) is 39.2 Å². The average Bonchev–Trinajstić information content (AvgIpc) is 3.09. The summed E-state index contributed by atoms with van der Waals surface area (Å²) in [4.78, 5) is 28.5. The van der Waals surface area contributed by atoms with Gasteiger partial charge in [-0.1, -0.05) is 29.8 Å². The number of allylic oxidation sites excluding steroid dienone is 2. The Balaban J connectivity index is 1.46. The number of ether oxygens (including phenoxy) is 1. The molecule has 136 valence electrons. The number of hydrogen-bond acceptors (Lipinski definition) is 5. The maximum absolute atomic E-state index is 12.1. The number of nitrogens with zero attached hydrogens (tertiary/aromatic N) is 1. The normalized spacial score (nSPS) is 16.3. The number of benzene rings is 1. The van der Waals surface area contributed by atoms with Crippen molar-refractivity contribution >= 4 is 28.9 Å². The van der Waals surface area contributed by atoms with E-state index in [4.69, 9.17) is 4.74 Å². The molecule has 0 fully saturated rings. The third-order valence-corrected chi connectivity index (χ3v) is 5.11. The highest BCUT2D eigenvalue weighted by Crippen LogP contribution is 2.20. The second kappa shape index (κ2) is 8.76. The van der Waals surface area contributed by atoms with E-state index in [2.05, 4.69) is 16.4 Å². The number of carbonyl (C=O) groups excluding carboxylic acids is 2. The average molecular weight is 370 g/mol. The lowest BCUT2D eigenvalue weighted by molar-refractivity contribution is -0.150. The summed E-state index contributed by atoms with van der Waals surface area (Å²) in [7, 11) is 0. The lowest BCUT2D eigenvalue weighted by Crippen LogP contribution is -2.18. The number of carbonyl (C=O) groups is 2. The van der Waals surface area contributed by atoms with Gasteiger partial charge in [-0.25, -0.2) is 4.98 Å². The fourth-order valence-electron chi connectivity index (χ4n) is 2.75. The Morgan fingerprint density at radius 1 is 1.27 bits per heavy atom. The molecule has 1 heterocycles. The molecule has 0 aliphatic heterocycles. The van der Waals surface area contributed by atoms with Gasteiger partial charge in [0, 0.05) is 11.1 Å². The topological polar surface area (TPSA) is 68.3 Å². The van der Waals surface area contributed by atoms with Crippen LogP contribution in [0.2, 0.25) is 0 Å². The SMILES string of the molecule is Cc1ccc(NC(=O)Cc2nc(COC(=O)C3CC=CCC3)cs2)cc1. The molecule has 2 aromatic rings. The Bertz CT molecular complexity index is 796. The first-order chi connectivity index (χ1) is 12.6. The number of rotatable bonds is 6. The van der Waals surface area contributed by atoms with E-state index < -0.39 is 0 Å². The lowest BCUT2D eigenvalue weighted by atomic mass is 9.95. The summed E-state index contributed by atoms with van der Waals surface area (Å²) in [6.45, 7) is 2.16. The van der Waals surface area contributed by atoms with Crippen LogP contribution in [0, 0.1) is 12.8 Å². The predicted octanol–water partition coefficient (Wildman–Crippen LogP) is 4.03. The molecule has 5 nitrogen and oxygen atoms in total. The minimum absolute atomic E-state index is 0.0432. The molecule has 1 aliphatic rings. The number of nitrogens with one attached hydrogen (secondary N) is 1. The van der Waals surface area contributed by atoms with E-state index in [0.717, 1.165) is 30.5 Å². The molecule has 0 saturated carbocycles. The largest absolute Gasteiger partial charge is 0.459 e. The number of anilines is 1. The highest BCUT2D eigenvalue weighted by Gasteiger charge is 2.20. The summed E-state index contributed by atoms with van der Waals surface area (Å²) >= 11 is 1.40. The fourth-order valence-corrected chi connectivity index (χ4v) is 3.52. The molecule has 0 spiro atoms. The van der Waals surface area contributed by atoms with Crippen LogP contribution < -0.4 is 5.32 Å². The van der Waals surface area contributed by atoms with Crippen LogP contribution in [0.3, 0.4) is 0 Å². The summed E-state index contributed by atoms with van der Waals surface area (Å²) in [5, 5.41) is 5.40.